The van der Waals surface area contributed by atoms with Gasteiger partial charge in [0.25, 0.3) is 0 Å². The van der Waals surface area contributed by atoms with Gasteiger partial charge in [0.2, 0.25) is 0 Å². The highest BCUT2D eigenvalue weighted by Crippen LogP contribution is 2.27. The van der Waals surface area contributed by atoms with E-state index in [9.17, 15) is 0 Å². The molecule has 2 rings (SSSR count). The smallest absolute Gasteiger partial charge is 0.104 e. The van der Waals surface area contributed by atoms with E-state index in [2.05, 4.69) is 57.3 Å². The summed E-state index contributed by atoms with van der Waals surface area (Å²) in [6, 6.07) is 8.84. The van der Waals surface area contributed by atoms with Gasteiger partial charge in [-0.05, 0) is 12.5 Å². The van der Waals surface area contributed by atoms with Crippen molar-refractivity contribution in [3.05, 3.63) is 41.0 Å². The molecule has 0 amide bonds. The topological polar surface area (TPSA) is 12.9 Å². The van der Waals surface area contributed by atoms with Gasteiger partial charge in [-0.1, -0.05) is 24.3 Å². The Morgan fingerprint density at radius 1 is 1.12 bits per heavy atom. The Kier molecular flexibility index (Phi) is 3.31. The number of aryl methyl sites for hydroxylation is 1. The highest BCUT2D eigenvalue weighted by Gasteiger charge is 2.09. The second-order valence-electron chi connectivity index (χ2n) is 5.41. The number of hydrogen-bond donors (Lipinski definition) is 0. The zero-order valence-corrected chi connectivity index (χ0v) is 11.7. The Morgan fingerprint density at radius 3 is 2.24 bits per heavy atom. The predicted octanol–water partition coefficient (Wildman–Crippen LogP) is 3.32. The lowest BCUT2D eigenvalue weighted by molar-refractivity contribution is -0.884. The first-order valence-corrected chi connectivity index (χ1v) is 6.63. The molecule has 0 aliphatic rings. The molecule has 0 aliphatic carbocycles. The standard InChI is InChI=1S/C14H19N2S/c1-11-14(17-10-15-11)13-7-5-12(6-8-13)9-16(2,3)4/h5-8,10H,9H2,1-4H3/q+1. The Hall–Kier alpha value is -1.19. The average molecular weight is 247 g/mol. The van der Waals surface area contributed by atoms with Gasteiger partial charge in [0.1, 0.15) is 6.54 Å². The van der Waals surface area contributed by atoms with Crippen molar-refractivity contribution in [1.29, 1.82) is 0 Å². The third-order valence-corrected chi connectivity index (χ3v) is 3.60. The summed E-state index contributed by atoms with van der Waals surface area (Å²) < 4.78 is 0.957. The van der Waals surface area contributed by atoms with Gasteiger partial charge in [-0.15, -0.1) is 11.3 Å². The fourth-order valence-corrected chi connectivity index (χ4v) is 2.70. The van der Waals surface area contributed by atoms with Gasteiger partial charge in [0.05, 0.1) is 37.2 Å². The van der Waals surface area contributed by atoms with Crippen molar-refractivity contribution >= 4 is 11.3 Å². The van der Waals surface area contributed by atoms with Crippen LogP contribution in [0.2, 0.25) is 0 Å². The van der Waals surface area contributed by atoms with Crippen molar-refractivity contribution in [1.82, 2.24) is 4.98 Å². The van der Waals surface area contributed by atoms with E-state index in [4.69, 9.17) is 0 Å². The van der Waals surface area contributed by atoms with Crippen LogP contribution >= 0.6 is 11.3 Å². The van der Waals surface area contributed by atoms with Crippen molar-refractivity contribution in [3.63, 3.8) is 0 Å². The first-order valence-electron chi connectivity index (χ1n) is 5.75. The van der Waals surface area contributed by atoms with E-state index in [0.717, 1.165) is 16.7 Å². The van der Waals surface area contributed by atoms with Gasteiger partial charge in [-0.2, -0.15) is 0 Å². The Bertz CT molecular complexity index is 492. The maximum absolute atomic E-state index is 4.29. The van der Waals surface area contributed by atoms with Crippen LogP contribution in [0.25, 0.3) is 10.4 Å². The van der Waals surface area contributed by atoms with Crippen molar-refractivity contribution in [2.24, 2.45) is 0 Å². The van der Waals surface area contributed by atoms with Crippen LogP contribution in [0.1, 0.15) is 11.3 Å². The van der Waals surface area contributed by atoms with Crippen LogP contribution in [0, 0.1) is 6.92 Å². The zero-order chi connectivity index (χ0) is 12.5. The fourth-order valence-electron chi connectivity index (χ4n) is 1.89. The van der Waals surface area contributed by atoms with E-state index in [1.54, 1.807) is 11.3 Å². The minimum atomic E-state index is 0.957. The lowest BCUT2D eigenvalue weighted by atomic mass is 10.1. The number of hydrogen-bond acceptors (Lipinski definition) is 2. The summed E-state index contributed by atoms with van der Waals surface area (Å²) in [4.78, 5) is 5.57. The zero-order valence-electron chi connectivity index (χ0n) is 10.9. The summed E-state index contributed by atoms with van der Waals surface area (Å²) in [5, 5.41) is 0. The van der Waals surface area contributed by atoms with Crippen molar-refractivity contribution in [2.45, 2.75) is 13.5 Å². The molecular weight excluding hydrogens is 228 g/mol. The maximum atomic E-state index is 4.29. The molecule has 3 heteroatoms. The largest absolute Gasteiger partial charge is 0.327 e. The number of aromatic nitrogens is 1. The van der Waals surface area contributed by atoms with E-state index >= 15 is 0 Å². The number of rotatable bonds is 3. The molecule has 1 heterocycles. The van der Waals surface area contributed by atoms with Crippen LogP contribution in [-0.2, 0) is 6.54 Å². The molecule has 0 unspecified atom stereocenters. The summed E-state index contributed by atoms with van der Waals surface area (Å²) in [6.45, 7) is 3.12. The fraction of sp³-hybridized carbons (Fsp3) is 0.357. The SMILES string of the molecule is Cc1ncsc1-c1ccc(C[N+](C)(C)C)cc1. The van der Waals surface area contributed by atoms with Gasteiger partial charge in [-0.25, -0.2) is 4.98 Å². The Labute approximate surface area is 107 Å². The lowest BCUT2D eigenvalue weighted by Crippen LogP contribution is -2.33. The molecule has 0 fully saturated rings. The molecule has 1 aromatic heterocycles. The van der Waals surface area contributed by atoms with Gasteiger partial charge in [-0.3, -0.25) is 0 Å². The Balaban J connectivity index is 2.22. The molecule has 0 spiro atoms. The molecule has 90 valence electrons. The summed E-state index contributed by atoms with van der Waals surface area (Å²) in [7, 11) is 6.63. The van der Waals surface area contributed by atoms with Crippen LogP contribution < -0.4 is 0 Å². The van der Waals surface area contributed by atoms with Crippen LogP contribution in [0.5, 0.6) is 0 Å². The third-order valence-electron chi connectivity index (χ3n) is 2.62. The first-order chi connectivity index (χ1) is 7.96. The molecule has 0 aliphatic heterocycles. The number of quaternary nitrogens is 1. The van der Waals surface area contributed by atoms with E-state index in [1.165, 1.54) is 16.0 Å². The van der Waals surface area contributed by atoms with Crippen LogP contribution in [0.4, 0.5) is 0 Å². The predicted molar refractivity (Wildman–Crippen MR) is 74.0 cm³/mol. The normalized spacial score (nSPS) is 11.8. The van der Waals surface area contributed by atoms with E-state index in [0.29, 0.717) is 0 Å². The molecule has 0 saturated heterocycles. The molecule has 0 radical (unpaired) electrons. The van der Waals surface area contributed by atoms with Gasteiger partial charge >= 0.3 is 0 Å². The molecule has 2 nitrogen and oxygen atoms in total. The maximum Gasteiger partial charge on any atom is 0.104 e. The molecule has 2 aromatic rings. The quantitative estimate of drug-likeness (QED) is 0.758. The third kappa shape index (κ3) is 3.14. The molecule has 0 N–H and O–H groups in total. The van der Waals surface area contributed by atoms with Crippen LogP contribution in [-0.4, -0.2) is 30.6 Å². The average Bonchev–Trinajstić information content (AvgIpc) is 2.63. The second kappa shape index (κ2) is 4.59. The Morgan fingerprint density at radius 2 is 1.76 bits per heavy atom. The number of nitrogens with zero attached hydrogens (tertiary/aromatic N) is 2. The van der Waals surface area contributed by atoms with E-state index in [1.807, 2.05) is 5.51 Å². The molecular formula is C14H19N2S+. The minimum absolute atomic E-state index is 0.957. The van der Waals surface area contributed by atoms with Crippen molar-refractivity contribution in [3.8, 4) is 10.4 Å². The van der Waals surface area contributed by atoms with E-state index in [-0.39, 0.29) is 0 Å². The molecule has 0 bridgehead atoms. The minimum Gasteiger partial charge on any atom is -0.327 e. The highest BCUT2D eigenvalue weighted by atomic mass is 32.1. The summed E-state index contributed by atoms with van der Waals surface area (Å²) in [5.74, 6) is 0. The molecule has 0 atom stereocenters. The highest BCUT2D eigenvalue weighted by molar-refractivity contribution is 7.13. The number of benzene rings is 1. The number of thiazole rings is 1. The van der Waals surface area contributed by atoms with Crippen LogP contribution in [0.15, 0.2) is 29.8 Å². The van der Waals surface area contributed by atoms with Crippen molar-refractivity contribution < 1.29 is 4.48 Å². The van der Waals surface area contributed by atoms with Gasteiger partial charge < -0.3 is 4.48 Å². The summed E-state index contributed by atoms with van der Waals surface area (Å²) >= 11 is 1.71. The van der Waals surface area contributed by atoms with Gasteiger partial charge in [0, 0.05) is 5.56 Å². The summed E-state index contributed by atoms with van der Waals surface area (Å²) in [5.41, 5.74) is 5.68. The monoisotopic (exact) mass is 247 g/mol. The first kappa shape index (κ1) is 12.3. The lowest BCUT2D eigenvalue weighted by Gasteiger charge is -2.23. The molecule has 17 heavy (non-hydrogen) atoms. The molecule has 0 saturated carbocycles. The van der Waals surface area contributed by atoms with Crippen molar-refractivity contribution in [2.75, 3.05) is 21.1 Å². The van der Waals surface area contributed by atoms with Crippen LogP contribution in [0.3, 0.4) is 0 Å². The second-order valence-corrected chi connectivity index (χ2v) is 6.27. The summed E-state index contributed by atoms with van der Waals surface area (Å²) in [6.07, 6.45) is 0. The van der Waals surface area contributed by atoms with Gasteiger partial charge in [0.15, 0.2) is 0 Å². The molecule has 1 aromatic carbocycles. The van der Waals surface area contributed by atoms with E-state index < -0.39 is 0 Å².